The number of piperidine rings is 1. The van der Waals surface area contributed by atoms with Gasteiger partial charge in [-0.25, -0.2) is 4.39 Å². The van der Waals surface area contributed by atoms with Crippen LogP contribution in [0.15, 0.2) is 22.7 Å². The topological polar surface area (TPSA) is 20.3 Å². The summed E-state index contributed by atoms with van der Waals surface area (Å²) in [4.78, 5) is 13.3. The molecule has 0 bridgehead atoms. The summed E-state index contributed by atoms with van der Waals surface area (Å²) in [6, 6.07) is 4.90. The number of Topliss-reactive ketones (excluding diaryl/α,β-unsaturated/α-hetero) is 1. The molecular formula is C12H13BrFNO. The highest BCUT2D eigenvalue weighted by Gasteiger charge is 2.17. The van der Waals surface area contributed by atoms with Crippen LogP contribution in [0.25, 0.3) is 0 Å². The number of carbonyl (C=O) groups excluding carboxylic acids is 1. The molecule has 0 radical (unpaired) electrons. The largest absolute Gasteiger partial charge is 0.298 e. The van der Waals surface area contributed by atoms with Crippen LogP contribution in [-0.4, -0.2) is 23.8 Å². The Balaban J connectivity index is 2.08. The van der Waals surface area contributed by atoms with E-state index in [0.29, 0.717) is 25.1 Å². The first-order valence-electron chi connectivity index (χ1n) is 5.33. The van der Waals surface area contributed by atoms with Crippen LogP contribution in [0, 0.1) is 5.82 Å². The molecule has 1 aliphatic heterocycles. The molecule has 1 heterocycles. The van der Waals surface area contributed by atoms with Gasteiger partial charge in [0.2, 0.25) is 0 Å². The lowest BCUT2D eigenvalue weighted by Gasteiger charge is -2.25. The summed E-state index contributed by atoms with van der Waals surface area (Å²) in [6.45, 7) is 1.83. The lowest BCUT2D eigenvalue weighted by molar-refractivity contribution is -0.122. The van der Waals surface area contributed by atoms with Gasteiger partial charge < -0.3 is 0 Å². The molecule has 1 aromatic rings. The number of nitrogens with zero attached hydrogens (tertiary/aromatic N) is 1. The highest BCUT2D eigenvalue weighted by atomic mass is 79.9. The lowest BCUT2D eigenvalue weighted by Crippen LogP contribution is -2.35. The maximum atomic E-state index is 13.5. The summed E-state index contributed by atoms with van der Waals surface area (Å²) in [5, 5.41) is 0. The van der Waals surface area contributed by atoms with Crippen molar-refractivity contribution in [3.63, 3.8) is 0 Å². The van der Waals surface area contributed by atoms with E-state index in [1.165, 1.54) is 6.07 Å². The van der Waals surface area contributed by atoms with E-state index in [1.807, 2.05) is 4.90 Å². The zero-order valence-corrected chi connectivity index (χ0v) is 10.5. The highest BCUT2D eigenvalue weighted by Crippen LogP contribution is 2.18. The maximum absolute atomic E-state index is 13.5. The molecule has 86 valence electrons. The predicted molar refractivity (Wildman–Crippen MR) is 63.6 cm³/mol. The summed E-state index contributed by atoms with van der Waals surface area (Å²) in [7, 11) is 0. The van der Waals surface area contributed by atoms with Gasteiger partial charge >= 0.3 is 0 Å². The van der Waals surface area contributed by atoms with E-state index in [4.69, 9.17) is 0 Å². The second-order valence-corrected chi connectivity index (χ2v) is 5.00. The molecule has 1 aromatic carbocycles. The van der Waals surface area contributed by atoms with E-state index in [1.54, 1.807) is 12.1 Å². The molecule has 0 spiro atoms. The molecule has 0 unspecified atom stereocenters. The van der Waals surface area contributed by atoms with Crippen molar-refractivity contribution in [1.82, 2.24) is 4.90 Å². The van der Waals surface area contributed by atoms with Crippen LogP contribution in [-0.2, 0) is 11.3 Å². The minimum absolute atomic E-state index is 0.207. The van der Waals surface area contributed by atoms with E-state index < -0.39 is 0 Å². The number of hydrogen-bond acceptors (Lipinski definition) is 2. The van der Waals surface area contributed by atoms with Gasteiger partial charge in [0, 0.05) is 23.0 Å². The average molecular weight is 286 g/mol. The number of rotatable bonds is 2. The van der Waals surface area contributed by atoms with Crippen molar-refractivity contribution in [3.05, 3.63) is 34.1 Å². The Kier molecular flexibility index (Phi) is 3.71. The molecule has 0 aliphatic carbocycles. The third-order valence-electron chi connectivity index (χ3n) is 2.73. The van der Waals surface area contributed by atoms with Gasteiger partial charge in [0.05, 0.1) is 6.54 Å². The highest BCUT2D eigenvalue weighted by molar-refractivity contribution is 9.10. The van der Waals surface area contributed by atoms with Crippen LogP contribution in [0.3, 0.4) is 0 Å². The number of halogens is 2. The zero-order valence-electron chi connectivity index (χ0n) is 8.88. The van der Waals surface area contributed by atoms with E-state index in [-0.39, 0.29) is 11.6 Å². The second-order valence-electron chi connectivity index (χ2n) is 4.09. The zero-order chi connectivity index (χ0) is 11.5. The summed E-state index contributed by atoms with van der Waals surface area (Å²) < 4.78 is 14.4. The molecule has 0 amide bonds. The van der Waals surface area contributed by atoms with Crippen molar-refractivity contribution in [2.45, 2.75) is 19.4 Å². The van der Waals surface area contributed by atoms with Gasteiger partial charge in [-0.05, 0) is 31.2 Å². The first kappa shape index (κ1) is 11.7. The summed E-state index contributed by atoms with van der Waals surface area (Å²) in [5.74, 6) is 0.0443. The fourth-order valence-electron chi connectivity index (χ4n) is 1.95. The normalized spacial score (nSPS) is 17.8. The second kappa shape index (κ2) is 5.06. The van der Waals surface area contributed by atoms with Crippen molar-refractivity contribution in [3.8, 4) is 0 Å². The van der Waals surface area contributed by atoms with Crippen LogP contribution in [0.4, 0.5) is 4.39 Å². The minimum Gasteiger partial charge on any atom is -0.298 e. The molecule has 0 saturated carbocycles. The minimum atomic E-state index is -0.207. The average Bonchev–Trinajstić information content (AvgIpc) is 2.24. The van der Waals surface area contributed by atoms with Crippen LogP contribution >= 0.6 is 15.9 Å². The van der Waals surface area contributed by atoms with Gasteiger partial charge in [0.15, 0.2) is 0 Å². The van der Waals surface area contributed by atoms with E-state index in [0.717, 1.165) is 17.4 Å². The molecule has 4 heteroatoms. The first-order valence-corrected chi connectivity index (χ1v) is 6.12. The Morgan fingerprint density at radius 3 is 3.00 bits per heavy atom. The molecule has 2 rings (SSSR count). The Bertz CT molecular complexity index is 408. The molecule has 1 saturated heterocycles. The predicted octanol–water partition coefficient (Wildman–Crippen LogP) is 2.75. The fraction of sp³-hybridized carbons (Fsp3) is 0.417. The Morgan fingerprint density at radius 2 is 2.25 bits per heavy atom. The number of ketones is 1. The molecule has 1 aliphatic rings. The molecule has 0 N–H and O–H groups in total. The summed E-state index contributed by atoms with van der Waals surface area (Å²) in [5.41, 5.74) is 0.643. The van der Waals surface area contributed by atoms with Crippen LogP contribution < -0.4 is 0 Å². The first-order chi connectivity index (χ1) is 7.65. The Labute approximate surface area is 103 Å². The van der Waals surface area contributed by atoms with Gasteiger partial charge in [-0.1, -0.05) is 15.9 Å². The SMILES string of the molecule is O=C1CCCN(Cc2cc(Br)ccc2F)C1. The monoisotopic (exact) mass is 285 g/mol. The number of hydrogen-bond donors (Lipinski definition) is 0. The van der Waals surface area contributed by atoms with Crippen molar-refractivity contribution in [2.75, 3.05) is 13.1 Å². The number of carbonyl (C=O) groups is 1. The van der Waals surface area contributed by atoms with E-state index >= 15 is 0 Å². The van der Waals surface area contributed by atoms with E-state index in [2.05, 4.69) is 15.9 Å². The van der Waals surface area contributed by atoms with Crippen molar-refractivity contribution in [1.29, 1.82) is 0 Å². The standard InChI is InChI=1S/C12H13BrFNO/c13-10-3-4-12(14)9(6-10)7-15-5-1-2-11(16)8-15/h3-4,6H,1-2,5,7-8H2. The van der Waals surface area contributed by atoms with Crippen LogP contribution in [0.5, 0.6) is 0 Å². The summed E-state index contributed by atoms with van der Waals surface area (Å²) in [6.07, 6.45) is 1.55. The van der Waals surface area contributed by atoms with Crippen molar-refractivity contribution >= 4 is 21.7 Å². The van der Waals surface area contributed by atoms with Crippen molar-refractivity contribution in [2.24, 2.45) is 0 Å². The third-order valence-corrected chi connectivity index (χ3v) is 3.22. The Morgan fingerprint density at radius 1 is 1.44 bits per heavy atom. The van der Waals surface area contributed by atoms with Gasteiger partial charge in [-0.3, -0.25) is 9.69 Å². The van der Waals surface area contributed by atoms with Gasteiger partial charge in [0.25, 0.3) is 0 Å². The Hall–Kier alpha value is -0.740. The lowest BCUT2D eigenvalue weighted by atomic mass is 10.1. The van der Waals surface area contributed by atoms with Gasteiger partial charge in [0.1, 0.15) is 11.6 Å². The fourth-order valence-corrected chi connectivity index (χ4v) is 2.36. The molecule has 16 heavy (non-hydrogen) atoms. The smallest absolute Gasteiger partial charge is 0.146 e. The van der Waals surface area contributed by atoms with Gasteiger partial charge in [-0.2, -0.15) is 0 Å². The third kappa shape index (κ3) is 2.89. The quantitative estimate of drug-likeness (QED) is 0.833. The van der Waals surface area contributed by atoms with Crippen molar-refractivity contribution < 1.29 is 9.18 Å². The number of benzene rings is 1. The van der Waals surface area contributed by atoms with Crippen LogP contribution in [0.2, 0.25) is 0 Å². The van der Waals surface area contributed by atoms with Gasteiger partial charge in [-0.15, -0.1) is 0 Å². The number of likely N-dealkylation sites (tertiary alicyclic amines) is 1. The maximum Gasteiger partial charge on any atom is 0.146 e. The molecule has 0 aromatic heterocycles. The van der Waals surface area contributed by atoms with E-state index in [9.17, 15) is 9.18 Å². The molecule has 1 fully saturated rings. The molecular weight excluding hydrogens is 273 g/mol. The van der Waals surface area contributed by atoms with Crippen LogP contribution in [0.1, 0.15) is 18.4 Å². The molecule has 2 nitrogen and oxygen atoms in total. The summed E-state index contributed by atoms with van der Waals surface area (Å²) >= 11 is 3.32. The molecule has 0 atom stereocenters.